The fourth-order valence-corrected chi connectivity index (χ4v) is 2.43. The van der Waals surface area contributed by atoms with Crippen molar-refractivity contribution in [2.24, 2.45) is 0 Å². The summed E-state index contributed by atoms with van der Waals surface area (Å²) < 4.78 is 32.7. The van der Waals surface area contributed by atoms with Crippen LogP contribution in [0, 0.1) is 5.82 Å². The number of ether oxygens (including phenoxy) is 1. The zero-order valence-corrected chi connectivity index (χ0v) is 11.7. The third kappa shape index (κ3) is 3.66. The van der Waals surface area contributed by atoms with Gasteiger partial charge in [0, 0.05) is 24.1 Å². The highest BCUT2D eigenvalue weighted by Crippen LogP contribution is 2.38. The largest absolute Gasteiger partial charge is 0.493 e. The molecular formula is C15H21F2NO. The summed E-state index contributed by atoms with van der Waals surface area (Å²) in [6.45, 7) is 5.87. The van der Waals surface area contributed by atoms with Gasteiger partial charge in [-0.3, -0.25) is 0 Å². The third-order valence-corrected chi connectivity index (χ3v) is 3.37. The zero-order valence-electron chi connectivity index (χ0n) is 11.7. The van der Waals surface area contributed by atoms with Gasteiger partial charge in [-0.05, 0) is 39.3 Å². The van der Waals surface area contributed by atoms with Crippen molar-refractivity contribution >= 4 is 0 Å². The number of halogens is 2. The highest BCUT2D eigenvalue weighted by molar-refractivity contribution is 5.40. The summed E-state index contributed by atoms with van der Waals surface area (Å²) in [4.78, 5) is 0. The minimum Gasteiger partial charge on any atom is -0.493 e. The molecule has 0 fully saturated rings. The van der Waals surface area contributed by atoms with Gasteiger partial charge in [-0.25, -0.2) is 8.78 Å². The molecule has 4 heteroatoms. The van der Waals surface area contributed by atoms with Crippen molar-refractivity contribution in [3.63, 3.8) is 0 Å². The number of nitrogens with one attached hydrogen (secondary N) is 1. The Morgan fingerprint density at radius 1 is 1.47 bits per heavy atom. The number of fused-ring (bicyclic) bond motifs is 1. The lowest BCUT2D eigenvalue weighted by atomic mass is 9.94. The average Bonchev–Trinajstić information content (AvgIpc) is 2.70. The van der Waals surface area contributed by atoms with E-state index in [4.69, 9.17) is 4.74 Å². The third-order valence-electron chi connectivity index (χ3n) is 3.37. The van der Waals surface area contributed by atoms with Crippen LogP contribution in [0.2, 0.25) is 0 Å². The molecule has 0 radical (unpaired) electrons. The molecule has 1 aliphatic heterocycles. The molecule has 1 N–H and O–H groups in total. The van der Waals surface area contributed by atoms with Crippen LogP contribution in [0.3, 0.4) is 0 Å². The van der Waals surface area contributed by atoms with Gasteiger partial charge >= 0.3 is 0 Å². The molecular weight excluding hydrogens is 248 g/mol. The molecule has 0 saturated carbocycles. The molecule has 0 bridgehead atoms. The molecule has 2 unspecified atom stereocenters. The lowest BCUT2D eigenvalue weighted by molar-refractivity contribution is 0.200. The van der Waals surface area contributed by atoms with E-state index in [1.54, 1.807) is 26.0 Å². The van der Waals surface area contributed by atoms with Crippen molar-refractivity contribution in [3.05, 3.63) is 29.6 Å². The second-order valence-corrected chi connectivity index (χ2v) is 5.90. The van der Waals surface area contributed by atoms with Crippen LogP contribution in [0.25, 0.3) is 0 Å². The van der Waals surface area contributed by atoms with Crippen LogP contribution in [0.4, 0.5) is 8.78 Å². The fourth-order valence-electron chi connectivity index (χ4n) is 2.43. The Balaban J connectivity index is 1.96. The maximum atomic E-state index is 13.8. The van der Waals surface area contributed by atoms with Gasteiger partial charge < -0.3 is 10.1 Å². The van der Waals surface area contributed by atoms with E-state index in [9.17, 15) is 8.78 Å². The Morgan fingerprint density at radius 3 is 2.89 bits per heavy atom. The Bertz CT molecular complexity index is 442. The summed E-state index contributed by atoms with van der Waals surface area (Å²) >= 11 is 0. The first-order chi connectivity index (χ1) is 8.87. The SMILES string of the molecule is CC(CC1COc2cccc(F)c21)NCC(C)(C)F. The van der Waals surface area contributed by atoms with Crippen LogP contribution < -0.4 is 10.1 Å². The van der Waals surface area contributed by atoms with Gasteiger partial charge in [-0.2, -0.15) is 0 Å². The summed E-state index contributed by atoms with van der Waals surface area (Å²) in [6.07, 6.45) is 0.740. The lowest BCUT2D eigenvalue weighted by Gasteiger charge is -2.21. The molecule has 106 valence electrons. The second kappa shape index (κ2) is 5.45. The van der Waals surface area contributed by atoms with Gasteiger partial charge in [0.1, 0.15) is 17.2 Å². The van der Waals surface area contributed by atoms with E-state index >= 15 is 0 Å². The quantitative estimate of drug-likeness (QED) is 0.884. The Labute approximate surface area is 113 Å². The molecule has 2 atom stereocenters. The van der Waals surface area contributed by atoms with E-state index < -0.39 is 5.67 Å². The van der Waals surface area contributed by atoms with Crippen LogP contribution in [-0.2, 0) is 0 Å². The first-order valence-corrected chi connectivity index (χ1v) is 6.70. The van der Waals surface area contributed by atoms with E-state index in [2.05, 4.69) is 5.32 Å². The maximum absolute atomic E-state index is 13.8. The lowest BCUT2D eigenvalue weighted by Crippen LogP contribution is -2.37. The molecule has 0 spiro atoms. The molecule has 0 saturated heterocycles. The summed E-state index contributed by atoms with van der Waals surface area (Å²) in [5.74, 6) is 0.475. The van der Waals surface area contributed by atoms with E-state index in [0.717, 1.165) is 6.42 Å². The zero-order chi connectivity index (χ0) is 14.0. The Hall–Kier alpha value is -1.16. The normalized spacial score (nSPS) is 19.9. The van der Waals surface area contributed by atoms with Gasteiger partial charge in [-0.1, -0.05) is 6.07 Å². The van der Waals surface area contributed by atoms with Crippen molar-refractivity contribution in [1.29, 1.82) is 0 Å². The van der Waals surface area contributed by atoms with Crippen molar-refractivity contribution in [3.8, 4) is 5.75 Å². The van der Waals surface area contributed by atoms with Gasteiger partial charge in [0.05, 0.1) is 6.61 Å². The summed E-state index contributed by atoms with van der Waals surface area (Å²) in [5.41, 5.74) is -0.570. The first kappa shape index (κ1) is 14.3. The highest BCUT2D eigenvalue weighted by atomic mass is 19.1. The van der Waals surface area contributed by atoms with Crippen molar-refractivity contribution in [1.82, 2.24) is 5.32 Å². The van der Waals surface area contributed by atoms with E-state index in [0.29, 0.717) is 24.5 Å². The number of hydrogen-bond acceptors (Lipinski definition) is 2. The minimum atomic E-state index is -1.23. The number of benzene rings is 1. The monoisotopic (exact) mass is 269 g/mol. The summed E-state index contributed by atoms with van der Waals surface area (Å²) in [7, 11) is 0. The minimum absolute atomic E-state index is 0.0430. The van der Waals surface area contributed by atoms with Gasteiger partial charge in [0.2, 0.25) is 0 Å². The van der Waals surface area contributed by atoms with Crippen molar-refractivity contribution in [2.45, 2.75) is 44.8 Å². The molecule has 19 heavy (non-hydrogen) atoms. The molecule has 2 rings (SSSR count). The molecule has 0 aliphatic carbocycles. The number of alkyl halides is 1. The predicted octanol–water partition coefficient (Wildman–Crippen LogP) is 3.42. The smallest absolute Gasteiger partial charge is 0.130 e. The van der Waals surface area contributed by atoms with Crippen LogP contribution in [-0.4, -0.2) is 24.9 Å². The summed E-state index contributed by atoms with van der Waals surface area (Å²) in [5, 5.41) is 3.15. The van der Waals surface area contributed by atoms with Crippen LogP contribution in [0.15, 0.2) is 18.2 Å². The topological polar surface area (TPSA) is 21.3 Å². The first-order valence-electron chi connectivity index (χ1n) is 6.70. The predicted molar refractivity (Wildman–Crippen MR) is 71.9 cm³/mol. The molecule has 0 amide bonds. The van der Waals surface area contributed by atoms with Crippen molar-refractivity contribution in [2.75, 3.05) is 13.2 Å². The summed E-state index contributed by atoms with van der Waals surface area (Å²) in [6, 6.07) is 5.03. The van der Waals surface area contributed by atoms with Gasteiger partial charge in [-0.15, -0.1) is 0 Å². The van der Waals surface area contributed by atoms with Gasteiger partial charge in [0.15, 0.2) is 0 Å². The Morgan fingerprint density at radius 2 is 2.21 bits per heavy atom. The van der Waals surface area contributed by atoms with Crippen molar-refractivity contribution < 1.29 is 13.5 Å². The Kier molecular flexibility index (Phi) is 4.09. The molecule has 2 nitrogen and oxygen atoms in total. The van der Waals surface area contributed by atoms with Crippen LogP contribution in [0.1, 0.15) is 38.7 Å². The van der Waals surface area contributed by atoms with Crippen LogP contribution >= 0.6 is 0 Å². The molecule has 1 heterocycles. The van der Waals surface area contributed by atoms with E-state index in [-0.39, 0.29) is 17.8 Å². The molecule has 1 aliphatic rings. The van der Waals surface area contributed by atoms with E-state index in [1.807, 2.05) is 6.92 Å². The number of hydrogen-bond donors (Lipinski definition) is 1. The van der Waals surface area contributed by atoms with Gasteiger partial charge in [0.25, 0.3) is 0 Å². The fraction of sp³-hybridized carbons (Fsp3) is 0.600. The second-order valence-electron chi connectivity index (χ2n) is 5.90. The molecule has 0 aromatic heterocycles. The standard InChI is InChI=1S/C15H21F2NO/c1-10(18-9-15(2,3)17)7-11-8-19-13-6-4-5-12(16)14(11)13/h4-6,10-11,18H,7-9H2,1-3H3. The van der Waals surface area contributed by atoms with E-state index in [1.165, 1.54) is 6.07 Å². The number of rotatable bonds is 5. The molecule has 1 aromatic carbocycles. The molecule has 1 aromatic rings. The maximum Gasteiger partial charge on any atom is 0.130 e. The average molecular weight is 269 g/mol. The van der Waals surface area contributed by atoms with Crippen LogP contribution in [0.5, 0.6) is 5.75 Å². The highest BCUT2D eigenvalue weighted by Gasteiger charge is 2.29.